The van der Waals surface area contributed by atoms with E-state index in [9.17, 15) is 4.39 Å². The Balaban J connectivity index is 2.32. The quantitative estimate of drug-likeness (QED) is 0.703. The average molecular weight is 317 g/mol. The van der Waals surface area contributed by atoms with Crippen molar-refractivity contribution in [2.24, 2.45) is 0 Å². The monoisotopic (exact) mass is 316 g/mol. The zero-order chi connectivity index (χ0) is 15.7. The minimum atomic E-state index is -0.318. The van der Waals surface area contributed by atoms with Gasteiger partial charge in [0, 0.05) is 11.1 Å². The van der Waals surface area contributed by atoms with E-state index in [1.54, 1.807) is 28.9 Å². The number of hydrogen-bond acceptors (Lipinski definition) is 2. The summed E-state index contributed by atoms with van der Waals surface area (Å²) in [5.41, 5.74) is 2.51. The second kappa shape index (κ2) is 5.81. The van der Waals surface area contributed by atoms with E-state index in [0.717, 1.165) is 5.56 Å². The number of nitrogens with zero attached hydrogens (tertiary/aromatic N) is 2. The van der Waals surface area contributed by atoms with Crippen molar-refractivity contribution in [2.45, 2.75) is 6.92 Å². The van der Waals surface area contributed by atoms with E-state index in [0.29, 0.717) is 27.8 Å². The summed E-state index contributed by atoms with van der Waals surface area (Å²) in [5.74, 6) is 0.125. The molecule has 0 bridgehead atoms. The van der Waals surface area contributed by atoms with E-state index < -0.39 is 0 Å². The van der Waals surface area contributed by atoms with Gasteiger partial charge in [0.15, 0.2) is 0 Å². The molecule has 22 heavy (non-hydrogen) atoms. The van der Waals surface area contributed by atoms with Crippen LogP contribution in [0.2, 0.25) is 5.02 Å². The molecule has 0 saturated carbocycles. The lowest BCUT2D eigenvalue weighted by Gasteiger charge is -2.10. The largest absolute Gasteiger partial charge is 0.480 e. The summed E-state index contributed by atoms with van der Waals surface area (Å²) in [5, 5.41) is 4.95. The van der Waals surface area contributed by atoms with Gasteiger partial charge >= 0.3 is 0 Å². The van der Waals surface area contributed by atoms with Crippen LogP contribution in [0.25, 0.3) is 16.9 Å². The Morgan fingerprint density at radius 1 is 1.09 bits per heavy atom. The first kappa shape index (κ1) is 14.6. The Labute approximate surface area is 132 Å². The van der Waals surface area contributed by atoms with E-state index in [-0.39, 0.29) is 5.82 Å². The average Bonchev–Trinajstić information content (AvgIpc) is 2.85. The van der Waals surface area contributed by atoms with E-state index in [1.807, 2.05) is 25.1 Å². The van der Waals surface area contributed by atoms with Crippen LogP contribution >= 0.6 is 11.6 Å². The highest BCUT2D eigenvalue weighted by Crippen LogP contribution is 2.35. The summed E-state index contributed by atoms with van der Waals surface area (Å²) >= 11 is 6.27. The van der Waals surface area contributed by atoms with Crippen molar-refractivity contribution in [3.63, 3.8) is 0 Å². The van der Waals surface area contributed by atoms with Crippen molar-refractivity contribution >= 4 is 11.6 Å². The van der Waals surface area contributed by atoms with Gasteiger partial charge in [0.25, 0.3) is 0 Å². The summed E-state index contributed by atoms with van der Waals surface area (Å²) < 4.78 is 21.2. The van der Waals surface area contributed by atoms with Crippen LogP contribution in [0.1, 0.15) is 5.56 Å². The fraction of sp³-hybridized carbons (Fsp3) is 0.118. The number of benzene rings is 2. The number of rotatable bonds is 3. The first-order chi connectivity index (χ1) is 10.6. The molecule has 0 spiro atoms. The molecule has 2 aromatic carbocycles. The highest BCUT2D eigenvalue weighted by atomic mass is 35.5. The maximum atomic E-state index is 14.2. The van der Waals surface area contributed by atoms with Crippen molar-refractivity contribution in [3.05, 3.63) is 64.9 Å². The molecule has 5 heteroatoms. The van der Waals surface area contributed by atoms with E-state index in [2.05, 4.69) is 5.10 Å². The molecule has 3 nitrogen and oxygen atoms in total. The fourth-order valence-electron chi connectivity index (χ4n) is 2.44. The molecule has 0 aliphatic heterocycles. The van der Waals surface area contributed by atoms with Gasteiger partial charge in [-0.3, -0.25) is 0 Å². The number of aromatic nitrogens is 2. The number of halogens is 2. The van der Waals surface area contributed by atoms with E-state index >= 15 is 0 Å². The second-order valence-corrected chi connectivity index (χ2v) is 5.23. The molecular weight excluding hydrogens is 303 g/mol. The molecule has 0 N–H and O–H groups in total. The third-order valence-electron chi connectivity index (χ3n) is 3.48. The third kappa shape index (κ3) is 2.35. The van der Waals surface area contributed by atoms with Gasteiger partial charge in [0.1, 0.15) is 5.82 Å². The molecule has 1 heterocycles. The van der Waals surface area contributed by atoms with Crippen LogP contribution < -0.4 is 4.74 Å². The van der Waals surface area contributed by atoms with Crippen LogP contribution in [-0.4, -0.2) is 16.9 Å². The van der Waals surface area contributed by atoms with Gasteiger partial charge in [-0.1, -0.05) is 35.9 Å². The van der Waals surface area contributed by atoms with Crippen molar-refractivity contribution in [2.75, 3.05) is 7.11 Å². The van der Waals surface area contributed by atoms with Gasteiger partial charge in [0.05, 0.1) is 23.5 Å². The smallest absolute Gasteiger partial charge is 0.236 e. The van der Waals surface area contributed by atoms with Crippen molar-refractivity contribution in [3.8, 4) is 22.8 Å². The standard InChI is InChI=1S/C17H14ClFN2O/c1-11-16(12-7-3-5-9-14(12)19)21(20-17(11)22-2)15-10-6-4-8-13(15)18/h3-10H,1-2H3. The van der Waals surface area contributed by atoms with Crippen LogP contribution in [0.4, 0.5) is 4.39 Å². The van der Waals surface area contributed by atoms with Gasteiger partial charge in [-0.15, -0.1) is 5.10 Å². The molecular formula is C17H14ClFN2O. The molecule has 0 atom stereocenters. The predicted octanol–water partition coefficient (Wildman–Crippen LogP) is 4.65. The zero-order valence-electron chi connectivity index (χ0n) is 12.2. The lowest BCUT2D eigenvalue weighted by atomic mass is 10.1. The minimum Gasteiger partial charge on any atom is -0.480 e. The van der Waals surface area contributed by atoms with Crippen LogP contribution in [0.5, 0.6) is 5.88 Å². The first-order valence-electron chi connectivity index (χ1n) is 6.77. The molecule has 0 fully saturated rings. The molecule has 3 rings (SSSR count). The third-order valence-corrected chi connectivity index (χ3v) is 3.80. The van der Waals surface area contributed by atoms with Crippen molar-refractivity contribution < 1.29 is 9.13 Å². The molecule has 0 aliphatic carbocycles. The lowest BCUT2D eigenvalue weighted by Crippen LogP contribution is -2.01. The van der Waals surface area contributed by atoms with Crippen LogP contribution in [0, 0.1) is 12.7 Å². The summed E-state index contributed by atoms with van der Waals surface area (Å²) in [4.78, 5) is 0. The highest BCUT2D eigenvalue weighted by molar-refractivity contribution is 6.32. The van der Waals surface area contributed by atoms with Crippen LogP contribution in [0.3, 0.4) is 0 Å². The van der Waals surface area contributed by atoms with Crippen molar-refractivity contribution in [1.29, 1.82) is 0 Å². The summed E-state index contributed by atoms with van der Waals surface area (Å²) in [6.45, 7) is 1.85. The number of para-hydroxylation sites is 1. The van der Waals surface area contributed by atoms with E-state index in [1.165, 1.54) is 13.2 Å². The fourth-order valence-corrected chi connectivity index (χ4v) is 2.65. The van der Waals surface area contributed by atoms with E-state index in [4.69, 9.17) is 16.3 Å². The Morgan fingerprint density at radius 2 is 1.77 bits per heavy atom. The molecule has 0 unspecified atom stereocenters. The molecule has 3 aromatic rings. The summed E-state index contributed by atoms with van der Waals surface area (Å²) in [6, 6.07) is 13.9. The number of methoxy groups -OCH3 is 1. The van der Waals surface area contributed by atoms with Crippen molar-refractivity contribution in [1.82, 2.24) is 9.78 Å². The Kier molecular flexibility index (Phi) is 3.86. The maximum Gasteiger partial charge on any atom is 0.236 e. The van der Waals surface area contributed by atoms with Gasteiger partial charge < -0.3 is 4.74 Å². The lowest BCUT2D eigenvalue weighted by molar-refractivity contribution is 0.391. The summed E-state index contributed by atoms with van der Waals surface area (Å²) in [6.07, 6.45) is 0. The van der Waals surface area contributed by atoms with Gasteiger partial charge in [-0.05, 0) is 31.2 Å². The summed E-state index contributed by atoms with van der Waals surface area (Å²) in [7, 11) is 1.54. The van der Waals surface area contributed by atoms with Gasteiger partial charge in [-0.2, -0.15) is 0 Å². The van der Waals surface area contributed by atoms with Gasteiger partial charge in [0.2, 0.25) is 5.88 Å². The molecule has 112 valence electrons. The molecule has 1 aromatic heterocycles. The SMILES string of the molecule is COc1nn(-c2ccccc2Cl)c(-c2ccccc2F)c1C. The molecule has 0 radical (unpaired) electrons. The van der Waals surface area contributed by atoms with Gasteiger partial charge in [-0.25, -0.2) is 9.07 Å². The molecule has 0 saturated heterocycles. The molecule has 0 amide bonds. The second-order valence-electron chi connectivity index (χ2n) is 4.83. The predicted molar refractivity (Wildman–Crippen MR) is 85.3 cm³/mol. The number of ether oxygens (including phenoxy) is 1. The highest BCUT2D eigenvalue weighted by Gasteiger charge is 2.21. The Bertz CT molecular complexity index is 829. The molecule has 0 aliphatic rings. The number of hydrogen-bond donors (Lipinski definition) is 0. The van der Waals surface area contributed by atoms with Crippen LogP contribution in [-0.2, 0) is 0 Å². The minimum absolute atomic E-state index is 0.318. The maximum absolute atomic E-state index is 14.2. The van der Waals surface area contributed by atoms with Crippen LogP contribution in [0.15, 0.2) is 48.5 Å². The normalized spacial score (nSPS) is 10.7. The first-order valence-corrected chi connectivity index (χ1v) is 7.14. The topological polar surface area (TPSA) is 27.1 Å². The zero-order valence-corrected chi connectivity index (χ0v) is 12.9. The Morgan fingerprint density at radius 3 is 2.45 bits per heavy atom. The Hall–Kier alpha value is -2.33.